The van der Waals surface area contributed by atoms with Gasteiger partial charge >= 0.3 is 0 Å². The van der Waals surface area contributed by atoms with Gasteiger partial charge in [-0.2, -0.15) is 0 Å². The highest BCUT2D eigenvalue weighted by Crippen LogP contribution is 2.42. The highest BCUT2D eigenvalue weighted by atomic mass is 16.1. The lowest BCUT2D eigenvalue weighted by molar-refractivity contribution is -0.129. The van der Waals surface area contributed by atoms with Gasteiger partial charge in [0.1, 0.15) is 0 Å². The Labute approximate surface area is 135 Å². The molecule has 2 bridgehead atoms. The van der Waals surface area contributed by atoms with E-state index in [1.54, 1.807) is 0 Å². The molecule has 0 heterocycles. The van der Waals surface area contributed by atoms with Crippen LogP contribution in [0.1, 0.15) is 71.6 Å². The summed E-state index contributed by atoms with van der Waals surface area (Å²) in [6.45, 7) is 4.65. The van der Waals surface area contributed by atoms with Crippen molar-refractivity contribution in [2.75, 3.05) is 0 Å². The number of carbonyl (C=O) groups excluding carboxylic acids is 1. The summed E-state index contributed by atoms with van der Waals surface area (Å²) in [5, 5.41) is 3.37. The highest BCUT2D eigenvalue weighted by molar-refractivity contribution is 5.79. The third-order valence-electron chi connectivity index (χ3n) is 6.84. The third kappa shape index (κ3) is 3.50. The Morgan fingerprint density at radius 1 is 1.00 bits per heavy atom. The molecule has 3 aliphatic carbocycles. The third-order valence-corrected chi connectivity index (χ3v) is 6.84. The summed E-state index contributed by atoms with van der Waals surface area (Å²) in [7, 11) is 0. The van der Waals surface area contributed by atoms with Crippen LogP contribution in [-0.2, 0) is 4.79 Å². The Kier molecular flexibility index (Phi) is 5.11. The van der Waals surface area contributed by atoms with Crippen molar-refractivity contribution < 1.29 is 4.79 Å². The van der Waals surface area contributed by atoms with Gasteiger partial charge in [-0.1, -0.05) is 20.3 Å². The average molecular weight is 306 g/mol. The quantitative estimate of drug-likeness (QED) is 0.839. The lowest BCUT2D eigenvalue weighted by atomic mass is 9.65. The monoisotopic (exact) mass is 306 g/mol. The molecule has 2 unspecified atom stereocenters. The van der Waals surface area contributed by atoms with Crippen molar-refractivity contribution in [1.82, 2.24) is 5.32 Å². The molecule has 3 nitrogen and oxygen atoms in total. The van der Waals surface area contributed by atoms with Crippen LogP contribution in [-0.4, -0.2) is 18.0 Å². The molecule has 1 amide bonds. The molecule has 22 heavy (non-hydrogen) atoms. The number of nitrogens with two attached hydrogens (primary N) is 1. The minimum Gasteiger partial charge on any atom is -0.353 e. The zero-order chi connectivity index (χ0) is 15.7. The standard InChI is InChI=1S/C19H34N2O/c1-12(2)13-6-8-17(9-7-13)21-19(22)16-10-14-4-3-5-15(11-16)18(14)20/h12-18H,3-11,20H2,1-2H3,(H,21,22). The summed E-state index contributed by atoms with van der Waals surface area (Å²) >= 11 is 0. The van der Waals surface area contributed by atoms with Crippen molar-refractivity contribution in [3.63, 3.8) is 0 Å². The van der Waals surface area contributed by atoms with E-state index in [1.807, 2.05) is 0 Å². The highest BCUT2D eigenvalue weighted by Gasteiger charge is 2.40. The van der Waals surface area contributed by atoms with Gasteiger partial charge in [-0.15, -0.1) is 0 Å². The molecule has 3 rings (SSSR count). The number of hydrogen-bond acceptors (Lipinski definition) is 2. The first-order valence-corrected chi connectivity index (χ1v) is 9.60. The van der Waals surface area contributed by atoms with Crippen molar-refractivity contribution in [1.29, 1.82) is 0 Å². The summed E-state index contributed by atoms with van der Waals surface area (Å²) in [5.74, 6) is 3.41. The predicted octanol–water partition coefficient (Wildman–Crippen LogP) is 3.47. The van der Waals surface area contributed by atoms with Crippen LogP contribution < -0.4 is 11.1 Å². The van der Waals surface area contributed by atoms with Gasteiger partial charge in [0.05, 0.1) is 0 Å². The van der Waals surface area contributed by atoms with Crippen LogP contribution in [0.15, 0.2) is 0 Å². The van der Waals surface area contributed by atoms with Crippen molar-refractivity contribution in [2.24, 2.45) is 35.3 Å². The predicted molar refractivity (Wildman–Crippen MR) is 90.3 cm³/mol. The van der Waals surface area contributed by atoms with Gasteiger partial charge in [0.2, 0.25) is 5.91 Å². The van der Waals surface area contributed by atoms with Crippen LogP contribution in [0, 0.1) is 29.6 Å². The Morgan fingerprint density at radius 2 is 1.59 bits per heavy atom. The van der Waals surface area contributed by atoms with Crippen molar-refractivity contribution in [3.05, 3.63) is 0 Å². The fourth-order valence-corrected chi connectivity index (χ4v) is 5.25. The fourth-order valence-electron chi connectivity index (χ4n) is 5.25. The number of fused-ring (bicyclic) bond motifs is 2. The van der Waals surface area contributed by atoms with Crippen molar-refractivity contribution in [2.45, 2.75) is 83.7 Å². The SMILES string of the molecule is CC(C)C1CCC(NC(=O)C2CC3CCCC(C2)C3N)CC1. The van der Waals surface area contributed by atoms with Gasteiger partial charge in [0, 0.05) is 18.0 Å². The Balaban J connectivity index is 1.49. The molecule has 0 radical (unpaired) electrons. The molecule has 3 heteroatoms. The molecule has 2 atom stereocenters. The number of nitrogens with one attached hydrogen (secondary N) is 1. The zero-order valence-corrected chi connectivity index (χ0v) is 14.4. The van der Waals surface area contributed by atoms with Gasteiger partial charge < -0.3 is 11.1 Å². The number of amides is 1. The summed E-state index contributed by atoms with van der Waals surface area (Å²) in [6.07, 6.45) is 10.8. The Hall–Kier alpha value is -0.570. The normalized spacial score (nSPS) is 42.2. The second-order valence-corrected chi connectivity index (χ2v) is 8.56. The molecule has 0 aromatic heterocycles. The maximum absolute atomic E-state index is 12.7. The van der Waals surface area contributed by atoms with Crippen LogP contribution in [0.4, 0.5) is 0 Å². The number of hydrogen-bond donors (Lipinski definition) is 2. The number of rotatable bonds is 3. The second-order valence-electron chi connectivity index (χ2n) is 8.56. The minimum atomic E-state index is 0.234. The van der Waals surface area contributed by atoms with Gasteiger partial charge in [-0.25, -0.2) is 0 Å². The van der Waals surface area contributed by atoms with E-state index in [1.165, 1.54) is 44.9 Å². The summed E-state index contributed by atoms with van der Waals surface area (Å²) < 4.78 is 0. The van der Waals surface area contributed by atoms with Crippen LogP contribution in [0.5, 0.6) is 0 Å². The molecule has 126 valence electrons. The topological polar surface area (TPSA) is 55.1 Å². The molecule has 3 saturated carbocycles. The summed E-state index contributed by atoms with van der Waals surface area (Å²) in [5.41, 5.74) is 6.34. The first-order chi connectivity index (χ1) is 10.5. The Bertz CT molecular complexity index is 373. The van der Waals surface area contributed by atoms with E-state index >= 15 is 0 Å². The van der Waals surface area contributed by atoms with E-state index in [4.69, 9.17) is 5.73 Å². The van der Waals surface area contributed by atoms with Gasteiger partial charge in [0.25, 0.3) is 0 Å². The zero-order valence-electron chi connectivity index (χ0n) is 14.4. The van der Waals surface area contributed by atoms with E-state index in [0.29, 0.717) is 29.8 Å². The molecular weight excluding hydrogens is 272 g/mol. The molecule has 0 aliphatic heterocycles. The van der Waals surface area contributed by atoms with E-state index in [9.17, 15) is 4.79 Å². The van der Waals surface area contributed by atoms with E-state index in [2.05, 4.69) is 19.2 Å². The largest absolute Gasteiger partial charge is 0.353 e. The first kappa shape index (κ1) is 16.3. The van der Waals surface area contributed by atoms with Crippen molar-refractivity contribution >= 4 is 5.91 Å². The second kappa shape index (κ2) is 6.90. The van der Waals surface area contributed by atoms with Crippen LogP contribution in [0.25, 0.3) is 0 Å². The van der Waals surface area contributed by atoms with Crippen LogP contribution >= 0.6 is 0 Å². The lowest BCUT2D eigenvalue weighted by Gasteiger charge is -2.44. The fraction of sp³-hybridized carbons (Fsp3) is 0.947. The van der Waals surface area contributed by atoms with Gasteiger partial charge in [-0.05, 0) is 75.0 Å². The van der Waals surface area contributed by atoms with E-state index < -0.39 is 0 Å². The van der Waals surface area contributed by atoms with Gasteiger partial charge in [-0.3, -0.25) is 4.79 Å². The molecule has 0 saturated heterocycles. The molecule has 0 aromatic rings. The maximum Gasteiger partial charge on any atom is 0.223 e. The van der Waals surface area contributed by atoms with Crippen molar-refractivity contribution in [3.8, 4) is 0 Å². The molecular formula is C19H34N2O. The lowest BCUT2D eigenvalue weighted by Crippen LogP contribution is -2.50. The Morgan fingerprint density at radius 3 is 2.14 bits per heavy atom. The average Bonchev–Trinajstić information content (AvgIpc) is 2.47. The maximum atomic E-state index is 12.7. The molecule has 3 fully saturated rings. The minimum absolute atomic E-state index is 0.234. The summed E-state index contributed by atoms with van der Waals surface area (Å²) in [6, 6.07) is 0.789. The molecule has 0 aromatic carbocycles. The first-order valence-electron chi connectivity index (χ1n) is 9.60. The van der Waals surface area contributed by atoms with Gasteiger partial charge in [0.15, 0.2) is 0 Å². The van der Waals surface area contributed by atoms with Crippen LogP contribution in [0.3, 0.4) is 0 Å². The summed E-state index contributed by atoms with van der Waals surface area (Å²) in [4.78, 5) is 12.7. The molecule has 3 N–H and O–H groups in total. The van der Waals surface area contributed by atoms with Crippen LogP contribution in [0.2, 0.25) is 0 Å². The number of carbonyl (C=O) groups is 1. The van der Waals surface area contributed by atoms with E-state index in [0.717, 1.165) is 24.7 Å². The molecule has 3 aliphatic rings. The smallest absolute Gasteiger partial charge is 0.223 e. The molecule has 0 spiro atoms. The van der Waals surface area contributed by atoms with E-state index in [-0.39, 0.29) is 5.92 Å².